The van der Waals surface area contributed by atoms with Crippen molar-refractivity contribution in [3.63, 3.8) is 0 Å². The van der Waals surface area contributed by atoms with E-state index in [1.807, 2.05) is 5.32 Å². The molecular weight excluding hydrogens is 261 g/mol. The molecule has 0 aromatic heterocycles. The summed E-state index contributed by atoms with van der Waals surface area (Å²) in [5, 5.41) is 13.3. The second-order valence-corrected chi connectivity index (χ2v) is 3.97. The highest BCUT2D eigenvalue weighted by Gasteiger charge is 2.26. The molecule has 7 heteroatoms. The molecule has 0 saturated carbocycles. The lowest BCUT2D eigenvalue weighted by Crippen LogP contribution is -2.37. The summed E-state index contributed by atoms with van der Waals surface area (Å²) in [6.07, 6.45) is -4.32. The number of amides is 1. The van der Waals surface area contributed by atoms with Crippen LogP contribution >= 0.6 is 0 Å². The first-order valence-corrected chi connectivity index (χ1v) is 5.63. The molecule has 0 aliphatic heterocycles. The molecule has 0 heterocycles. The van der Waals surface area contributed by atoms with Crippen molar-refractivity contribution in [2.24, 2.45) is 0 Å². The normalized spacial score (nSPS) is 11.4. The van der Waals surface area contributed by atoms with Crippen LogP contribution in [0, 0.1) is 0 Å². The fourth-order valence-corrected chi connectivity index (χ4v) is 1.34. The smallest absolute Gasteiger partial charge is 0.392 e. The number of alkyl halides is 3. The Balaban J connectivity index is 2.26. The minimum Gasteiger partial charge on any atom is -0.392 e. The summed E-state index contributed by atoms with van der Waals surface area (Å²) in [5.74, 6) is -0.504. The van der Waals surface area contributed by atoms with E-state index in [9.17, 15) is 18.0 Å². The van der Waals surface area contributed by atoms with Crippen LogP contribution in [0.15, 0.2) is 24.3 Å². The van der Waals surface area contributed by atoms with E-state index in [0.29, 0.717) is 0 Å². The lowest BCUT2D eigenvalue weighted by Gasteiger charge is -2.09. The third kappa shape index (κ3) is 6.78. The second kappa shape index (κ2) is 7.10. The van der Waals surface area contributed by atoms with E-state index in [1.165, 1.54) is 0 Å². The number of benzene rings is 1. The van der Waals surface area contributed by atoms with Crippen molar-refractivity contribution in [2.75, 3.05) is 13.1 Å². The van der Waals surface area contributed by atoms with E-state index < -0.39 is 18.6 Å². The summed E-state index contributed by atoms with van der Waals surface area (Å²) < 4.78 is 35.4. The SMILES string of the molecule is O=C(CNCC(F)(F)F)NCc1ccc(CO)cc1. The summed E-state index contributed by atoms with van der Waals surface area (Å²) in [6, 6.07) is 6.89. The first-order valence-electron chi connectivity index (χ1n) is 5.63. The lowest BCUT2D eigenvalue weighted by atomic mass is 10.1. The summed E-state index contributed by atoms with van der Waals surface area (Å²) in [4.78, 5) is 11.2. The van der Waals surface area contributed by atoms with Crippen molar-refractivity contribution >= 4 is 5.91 Å². The minimum absolute atomic E-state index is 0.0615. The first kappa shape index (κ1) is 15.5. The lowest BCUT2D eigenvalue weighted by molar-refractivity contribution is -0.128. The molecule has 0 fully saturated rings. The molecule has 4 nitrogen and oxygen atoms in total. The Morgan fingerprint density at radius 3 is 2.26 bits per heavy atom. The minimum atomic E-state index is -4.32. The van der Waals surface area contributed by atoms with Gasteiger partial charge in [0, 0.05) is 6.54 Å². The zero-order chi connectivity index (χ0) is 14.3. The molecule has 0 saturated heterocycles. The van der Waals surface area contributed by atoms with Gasteiger partial charge in [-0.3, -0.25) is 4.79 Å². The van der Waals surface area contributed by atoms with Crippen molar-refractivity contribution in [1.29, 1.82) is 0 Å². The van der Waals surface area contributed by atoms with Crippen molar-refractivity contribution in [3.8, 4) is 0 Å². The van der Waals surface area contributed by atoms with Crippen LogP contribution in [0.1, 0.15) is 11.1 Å². The van der Waals surface area contributed by atoms with Crippen LogP contribution in [-0.2, 0) is 17.9 Å². The molecule has 0 aliphatic carbocycles. The Morgan fingerprint density at radius 1 is 1.16 bits per heavy atom. The van der Waals surface area contributed by atoms with Crippen molar-refractivity contribution in [2.45, 2.75) is 19.3 Å². The number of hydrogen-bond donors (Lipinski definition) is 3. The molecule has 0 spiro atoms. The molecule has 1 rings (SSSR count). The monoisotopic (exact) mass is 276 g/mol. The summed E-state index contributed by atoms with van der Waals surface area (Å²) in [7, 11) is 0. The molecule has 1 aromatic rings. The largest absolute Gasteiger partial charge is 0.401 e. The van der Waals surface area contributed by atoms with E-state index in [-0.39, 0.29) is 19.7 Å². The van der Waals surface area contributed by atoms with Crippen LogP contribution < -0.4 is 10.6 Å². The zero-order valence-electron chi connectivity index (χ0n) is 10.1. The second-order valence-electron chi connectivity index (χ2n) is 3.97. The topological polar surface area (TPSA) is 61.4 Å². The fourth-order valence-electron chi connectivity index (χ4n) is 1.34. The van der Waals surface area contributed by atoms with Crippen LogP contribution in [-0.4, -0.2) is 30.3 Å². The Kier molecular flexibility index (Phi) is 5.78. The van der Waals surface area contributed by atoms with Crippen LogP contribution in [0.2, 0.25) is 0 Å². The maximum atomic E-state index is 11.8. The number of nitrogens with one attached hydrogen (secondary N) is 2. The molecule has 106 valence electrons. The van der Waals surface area contributed by atoms with E-state index in [0.717, 1.165) is 11.1 Å². The molecule has 0 bridgehead atoms. The Hall–Kier alpha value is -1.60. The summed E-state index contributed by atoms with van der Waals surface area (Å²) in [6.45, 7) is -1.40. The number of aliphatic hydroxyl groups is 1. The fraction of sp³-hybridized carbons (Fsp3) is 0.417. The number of carbonyl (C=O) groups is 1. The van der Waals surface area contributed by atoms with Crippen molar-refractivity contribution in [3.05, 3.63) is 35.4 Å². The number of carbonyl (C=O) groups excluding carboxylic acids is 1. The van der Waals surface area contributed by atoms with Crippen molar-refractivity contribution in [1.82, 2.24) is 10.6 Å². The molecule has 0 radical (unpaired) electrons. The van der Waals surface area contributed by atoms with Gasteiger partial charge in [-0.05, 0) is 11.1 Å². The quantitative estimate of drug-likeness (QED) is 0.725. The highest BCUT2D eigenvalue weighted by molar-refractivity contribution is 5.77. The van der Waals surface area contributed by atoms with E-state index >= 15 is 0 Å². The van der Waals surface area contributed by atoms with Gasteiger partial charge in [-0.2, -0.15) is 13.2 Å². The van der Waals surface area contributed by atoms with Gasteiger partial charge in [0.05, 0.1) is 19.7 Å². The van der Waals surface area contributed by atoms with Gasteiger partial charge in [0.15, 0.2) is 0 Å². The third-order valence-electron chi connectivity index (χ3n) is 2.31. The molecule has 1 aromatic carbocycles. The van der Waals surface area contributed by atoms with Crippen LogP contribution in [0.5, 0.6) is 0 Å². The number of hydrogen-bond acceptors (Lipinski definition) is 3. The Labute approximate surface area is 108 Å². The number of rotatable bonds is 6. The van der Waals surface area contributed by atoms with Crippen LogP contribution in [0.3, 0.4) is 0 Å². The average molecular weight is 276 g/mol. The number of halogens is 3. The average Bonchev–Trinajstić information content (AvgIpc) is 2.35. The Morgan fingerprint density at radius 2 is 1.74 bits per heavy atom. The van der Waals surface area contributed by atoms with Crippen molar-refractivity contribution < 1.29 is 23.1 Å². The zero-order valence-corrected chi connectivity index (χ0v) is 10.1. The predicted octanol–water partition coefficient (Wildman–Crippen LogP) is 0.947. The van der Waals surface area contributed by atoms with Gasteiger partial charge in [0.1, 0.15) is 0 Å². The van der Waals surface area contributed by atoms with E-state index in [1.54, 1.807) is 24.3 Å². The molecule has 0 aliphatic rings. The standard InChI is InChI=1S/C12H15F3N2O2/c13-12(14,15)8-16-6-11(19)17-5-9-1-3-10(7-18)4-2-9/h1-4,16,18H,5-8H2,(H,17,19). The number of aliphatic hydroxyl groups excluding tert-OH is 1. The van der Waals surface area contributed by atoms with E-state index in [4.69, 9.17) is 5.11 Å². The highest BCUT2D eigenvalue weighted by atomic mass is 19.4. The maximum absolute atomic E-state index is 11.8. The van der Waals surface area contributed by atoms with Gasteiger partial charge in [-0.1, -0.05) is 24.3 Å². The van der Waals surface area contributed by atoms with Gasteiger partial charge in [0.2, 0.25) is 5.91 Å². The van der Waals surface area contributed by atoms with E-state index in [2.05, 4.69) is 5.32 Å². The molecule has 1 amide bonds. The van der Waals surface area contributed by atoms with Gasteiger partial charge in [-0.25, -0.2) is 0 Å². The molecule has 3 N–H and O–H groups in total. The maximum Gasteiger partial charge on any atom is 0.401 e. The molecule has 0 unspecified atom stereocenters. The van der Waals surface area contributed by atoms with Gasteiger partial charge in [-0.15, -0.1) is 0 Å². The van der Waals surface area contributed by atoms with Gasteiger partial charge >= 0.3 is 6.18 Å². The molecule has 0 atom stereocenters. The van der Waals surface area contributed by atoms with Gasteiger partial charge < -0.3 is 15.7 Å². The Bertz CT molecular complexity index is 404. The molecule has 19 heavy (non-hydrogen) atoms. The van der Waals surface area contributed by atoms with Crippen LogP contribution in [0.25, 0.3) is 0 Å². The third-order valence-corrected chi connectivity index (χ3v) is 2.31. The summed E-state index contributed by atoms with van der Waals surface area (Å²) in [5.41, 5.74) is 1.56. The molecular formula is C12H15F3N2O2. The van der Waals surface area contributed by atoms with Gasteiger partial charge in [0.25, 0.3) is 0 Å². The first-order chi connectivity index (χ1) is 8.90. The summed E-state index contributed by atoms with van der Waals surface area (Å²) >= 11 is 0. The van der Waals surface area contributed by atoms with Crippen LogP contribution in [0.4, 0.5) is 13.2 Å². The predicted molar refractivity (Wildman–Crippen MR) is 63.1 cm³/mol. The highest BCUT2D eigenvalue weighted by Crippen LogP contribution is 2.11.